The number of fused-ring (bicyclic) bond motifs is 2. The van der Waals surface area contributed by atoms with Crippen molar-refractivity contribution in [3.05, 3.63) is 51.4 Å². The van der Waals surface area contributed by atoms with Gasteiger partial charge in [-0.25, -0.2) is 4.98 Å². The van der Waals surface area contributed by atoms with Gasteiger partial charge in [-0.05, 0) is 36.4 Å². The summed E-state index contributed by atoms with van der Waals surface area (Å²) < 4.78 is 2.14. The van der Waals surface area contributed by atoms with E-state index in [1.807, 2.05) is 24.3 Å². The van der Waals surface area contributed by atoms with Gasteiger partial charge in [0, 0.05) is 19.7 Å². The van der Waals surface area contributed by atoms with Crippen molar-refractivity contribution in [2.24, 2.45) is 0 Å². The number of benzene rings is 2. The van der Waals surface area contributed by atoms with Crippen molar-refractivity contribution in [2.45, 2.75) is 0 Å². The molecule has 1 heterocycles. The van der Waals surface area contributed by atoms with Gasteiger partial charge in [-0.2, -0.15) is 0 Å². The van der Waals surface area contributed by atoms with Crippen LogP contribution in [0.1, 0.15) is 0 Å². The zero-order valence-electron chi connectivity index (χ0n) is 8.24. The molecule has 3 aromatic rings. The minimum absolute atomic E-state index is 1.02. The zero-order chi connectivity index (χ0) is 11.1. The van der Waals surface area contributed by atoms with Crippen LogP contribution < -0.4 is 0 Å². The van der Waals surface area contributed by atoms with Gasteiger partial charge in [-0.3, -0.25) is 0 Å². The molecule has 0 fully saturated rings. The van der Waals surface area contributed by atoms with E-state index in [-0.39, 0.29) is 0 Å². The van der Waals surface area contributed by atoms with Gasteiger partial charge >= 0.3 is 0 Å². The Morgan fingerprint density at radius 1 is 0.688 bits per heavy atom. The standard InChI is InChI=1S/C13H7Br2N/c14-10-3-4-12-9(6-10)5-8-1-2-11(15)7-13(8)16-12/h1-7H. The first-order valence-electron chi connectivity index (χ1n) is 4.88. The van der Waals surface area contributed by atoms with Gasteiger partial charge in [-0.1, -0.05) is 37.9 Å². The molecule has 2 aromatic carbocycles. The summed E-state index contributed by atoms with van der Waals surface area (Å²) in [7, 11) is 0. The molecule has 0 radical (unpaired) electrons. The lowest BCUT2D eigenvalue weighted by Crippen LogP contribution is -1.82. The maximum absolute atomic E-state index is 4.63. The van der Waals surface area contributed by atoms with Gasteiger partial charge in [0.1, 0.15) is 0 Å². The second-order valence-corrected chi connectivity index (χ2v) is 5.49. The van der Waals surface area contributed by atoms with Crippen LogP contribution in [0.3, 0.4) is 0 Å². The molecule has 0 atom stereocenters. The molecule has 16 heavy (non-hydrogen) atoms. The molecule has 0 saturated heterocycles. The number of aromatic nitrogens is 1. The minimum Gasteiger partial charge on any atom is -0.248 e. The molecule has 1 nitrogen and oxygen atoms in total. The first kappa shape index (κ1) is 10.2. The third-order valence-electron chi connectivity index (χ3n) is 2.53. The Morgan fingerprint density at radius 2 is 1.44 bits per heavy atom. The van der Waals surface area contributed by atoms with Crippen molar-refractivity contribution < 1.29 is 0 Å². The fourth-order valence-electron chi connectivity index (χ4n) is 1.78. The second kappa shape index (κ2) is 3.82. The van der Waals surface area contributed by atoms with Gasteiger partial charge in [0.05, 0.1) is 11.0 Å². The number of hydrogen-bond acceptors (Lipinski definition) is 1. The highest BCUT2D eigenvalue weighted by Gasteiger charge is 2.00. The molecule has 0 bridgehead atoms. The molecule has 0 aliphatic carbocycles. The van der Waals surface area contributed by atoms with E-state index in [4.69, 9.17) is 0 Å². The van der Waals surface area contributed by atoms with E-state index in [0.717, 1.165) is 30.8 Å². The summed E-state index contributed by atoms with van der Waals surface area (Å²) in [5.74, 6) is 0. The Balaban J connectivity index is 2.44. The van der Waals surface area contributed by atoms with E-state index in [1.54, 1.807) is 0 Å². The minimum atomic E-state index is 1.02. The van der Waals surface area contributed by atoms with E-state index in [9.17, 15) is 0 Å². The van der Waals surface area contributed by atoms with Crippen LogP contribution in [0.5, 0.6) is 0 Å². The van der Waals surface area contributed by atoms with E-state index in [1.165, 1.54) is 0 Å². The summed E-state index contributed by atoms with van der Waals surface area (Å²) in [5, 5.41) is 2.32. The van der Waals surface area contributed by atoms with Crippen molar-refractivity contribution in [2.75, 3.05) is 0 Å². The normalized spacial score (nSPS) is 11.1. The van der Waals surface area contributed by atoms with E-state index < -0.39 is 0 Å². The first-order valence-corrected chi connectivity index (χ1v) is 6.46. The maximum atomic E-state index is 4.63. The van der Waals surface area contributed by atoms with Crippen molar-refractivity contribution >= 4 is 53.7 Å². The summed E-state index contributed by atoms with van der Waals surface area (Å²) in [4.78, 5) is 4.63. The predicted molar refractivity (Wildman–Crippen MR) is 74.6 cm³/mol. The first-order chi connectivity index (χ1) is 7.72. The van der Waals surface area contributed by atoms with Crippen molar-refractivity contribution in [3.63, 3.8) is 0 Å². The van der Waals surface area contributed by atoms with Gasteiger partial charge in [0.25, 0.3) is 0 Å². The van der Waals surface area contributed by atoms with Gasteiger partial charge < -0.3 is 0 Å². The van der Waals surface area contributed by atoms with Crippen LogP contribution in [0, 0.1) is 0 Å². The Bertz CT molecular complexity index is 630. The third-order valence-corrected chi connectivity index (χ3v) is 3.52. The predicted octanol–water partition coefficient (Wildman–Crippen LogP) is 4.91. The molecule has 3 rings (SSSR count). The average molecular weight is 337 g/mol. The third kappa shape index (κ3) is 1.74. The molecule has 0 saturated carbocycles. The summed E-state index contributed by atoms with van der Waals surface area (Å²) >= 11 is 6.93. The Hall–Kier alpha value is -0.930. The number of nitrogens with zero attached hydrogens (tertiary/aromatic N) is 1. The SMILES string of the molecule is Brc1ccc2nc3cc(Br)ccc3cc2c1. The van der Waals surface area contributed by atoms with Crippen LogP contribution >= 0.6 is 31.9 Å². The number of rotatable bonds is 0. The zero-order valence-corrected chi connectivity index (χ0v) is 11.4. The van der Waals surface area contributed by atoms with E-state index in [2.05, 4.69) is 55.0 Å². The molecule has 1 aromatic heterocycles. The van der Waals surface area contributed by atoms with E-state index >= 15 is 0 Å². The molecule has 3 heteroatoms. The maximum Gasteiger partial charge on any atom is 0.0720 e. The number of halogens is 2. The van der Waals surface area contributed by atoms with Crippen LogP contribution in [-0.2, 0) is 0 Å². The smallest absolute Gasteiger partial charge is 0.0720 e. The Kier molecular flexibility index (Phi) is 2.45. The summed E-state index contributed by atoms with van der Waals surface area (Å²) in [6.45, 7) is 0. The van der Waals surface area contributed by atoms with Crippen LogP contribution in [0.15, 0.2) is 51.4 Å². The Morgan fingerprint density at radius 3 is 2.31 bits per heavy atom. The van der Waals surface area contributed by atoms with Gasteiger partial charge in [0.2, 0.25) is 0 Å². The molecular formula is C13H7Br2N. The van der Waals surface area contributed by atoms with Crippen LogP contribution in [-0.4, -0.2) is 4.98 Å². The molecule has 0 unspecified atom stereocenters. The highest BCUT2D eigenvalue weighted by atomic mass is 79.9. The quantitative estimate of drug-likeness (QED) is 0.531. The lowest BCUT2D eigenvalue weighted by molar-refractivity contribution is 1.48. The second-order valence-electron chi connectivity index (χ2n) is 3.66. The molecule has 0 spiro atoms. The van der Waals surface area contributed by atoms with Crippen LogP contribution in [0.2, 0.25) is 0 Å². The van der Waals surface area contributed by atoms with Crippen molar-refractivity contribution in [1.29, 1.82) is 0 Å². The van der Waals surface area contributed by atoms with Gasteiger partial charge in [0.15, 0.2) is 0 Å². The molecule has 0 N–H and O–H groups in total. The summed E-state index contributed by atoms with van der Waals surface area (Å²) in [5.41, 5.74) is 2.04. The monoisotopic (exact) mass is 335 g/mol. The summed E-state index contributed by atoms with van der Waals surface area (Å²) in [6, 6.07) is 14.4. The highest BCUT2D eigenvalue weighted by Crippen LogP contribution is 2.24. The largest absolute Gasteiger partial charge is 0.248 e. The van der Waals surface area contributed by atoms with Crippen molar-refractivity contribution in [3.8, 4) is 0 Å². The van der Waals surface area contributed by atoms with Crippen LogP contribution in [0.4, 0.5) is 0 Å². The molecule has 0 aliphatic heterocycles. The molecular weight excluding hydrogens is 330 g/mol. The molecule has 0 aliphatic rings. The van der Waals surface area contributed by atoms with Gasteiger partial charge in [-0.15, -0.1) is 0 Å². The fraction of sp³-hybridized carbons (Fsp3) is 0. The molecule has 78 valence electrons. The Labute approximate surface area is 110 Å². The topological polar surface area (TPSA) is 12.9 Å². The summed E-state index contributed by atoms with van der Waals surface area (Å²) in [6.07, 6.45) is 0. The molecule has 0 amide bonds. The lowest BCUT2D eigenvalue weighted by atomic mass is 10.1. The highest BCUT2D eigenvalue weighted by molar-refractivity contribution is 9.10. The van der Waals surface area contributed by atoms with Crippen LogP contribution in [0.25, 0.3) is 21.8 Å². The van der Waals surface area contributed by atoms with Crippen molar-refractivity contribution in [1.82, 2.24) is 4.98 Å². The number of hydrogen-bond donors (Lipinski definition) is 0. The lowest BCUT2D eigenvalue weighted by Gasteiger charge is -2.02. The fourth-order valence-corrected chi connectivity index (χ4v) is 2.50. The number of pyridine rings is 1. The average Bonchev–Trinajstić information content (AvgIpc) is 2.26. The van der Waals surface area contributed by atoms with E-state index in [0.29, 0.717) is 0 Å².